The van der Waals surface area contributed by atoms with Gasteiger partial charge in [0.1, 0.15) is 6.04 Å². The Labute approximate surface area is 199 Å². The summed E-state index contributed by atoms with van der Waals surface area (Å²) in [5, 5.41) is 24.4. The molecule has 0 fully saturated rings. The van der Waals surface area contributed by atoms with Crippen LogP contribution in [0.5, 0.6) is 0 Å². The Morgan fingerprint density at radius 3 is 2.53 bits per heavy atom. The highest BCUT2D eigenvalue weighted by atomic mass is 16.5. The van der Waals surface area contributed by atoms with Crippen molar-refractivity contribution in [3.63, 3.8) is 0 Å². The zero-order chi connectivity index (χ0) is 24.4. The number of hydrogen-bond acceptors (Lipinski definition) is 7. The van der Waals surface area contributed by atoms with Gasteiger partial charge in [0, 0.05) is 0 Å². The number of carbonyl (C=O) groups excluding carboxylic acids is 1. The molecule has 0 bridgehead atoms. The van der Waals surface area contributed by atoms with E-state index in [1.165, 1.54) is 0 Å². The van der Waals surface area contributed by atoms with Crippen molar-refractivity contribution < 1.29 is 9.53 Å². The summed E-state index contributed by atoms with van der Waals surface area (Å²) in [5.74, 6) is 0.00986. The molecule has 2 aromatic carbocycles. The van der Waals surface area contributed by atoms with E-state index in [0.717, 1.165) is 11.1 Å². The number of hydrogen-bond donors (Lipinski definition) is 2. The van der Waals surface area contributed by atoms with Gasteiger partial charge in [-0.2, -0.15) is 5.26 Å². The van der Waals surface area contributed by atoms with E-state index in [0.29, 0.717) is 12.4 Å². The molecule has 3 aromatic rings. The van der Waals surface area contributed by atoms with Crippen molar-refractivity contribution in [3.05, 3.63) is 83.7 Å². The van der Waals surface area contributed by atoms with Crippen molar-refractivity contribution in [1.82, 2.24) is 25.5 Å². The van der Waals surface area contributed by atoms with Crippen molar-refractivity contribution in [2.75, 3.05) is 6.61 Å². The van der Waals surface area contributed by atoms with E-state index < -0.39 is 17.6 Å². The van der Waals surface area contributed by atoms with Gasteiger partial charge in [-0.05, 0) is 35.4 Å². The third-order valence-electron chi connectivity index (χ3n) is 5.04. The van der Waals surface area contributed by atoms with Gasteiger partial charge >= 0.3 is 0 Å². The van der Waals surface area contributed by atoms with Gasteiger partial charge in [-0.3, -0.25) is 4.79 Å². The van der Waals surface area contributed by atoms with Crippen LogP contribution in [0.25, 0.3) is 6.08 Å². The Bertz CT molecular complexity index is 1120. The molecule has 0 aliphatic carbocycles. The molecule has 0 spiro atoms. The van der Waals surface area contributed by atoms with E-state index in [4.69, 9.17) is 10.5 Å². The fourth-order valence-electron chi connectivity index (χ4n) is 3.18. The topological polar surface area (TPSA) is 132 Å². The molecule has 0 aliphatic heterocycles. The molecular weight excluding hydrogens is 430 g/mol. The minimum atomic E-state index is -1.10. The molecule has 1 amide bonds. The molecule has 0 aliphatic rings. The maximum atomic E-state index is 12.7. The minimum absolute atomic E-state index is 0.124. The van der Waals surface area contributed by atoms with Gasteiger partial charge in [-0.1, -0.05) is 72.8 Å². The molecule has 0 radical (unpaired) electrons. The largest absolute Gasteiger partial charge is 0.374 e. The van der Waals surface area contributed by atoms with E-state index in [1.54, 1.807) is 18.5 Å². The van der Waals surface area contributed by atoms with Gasteiger partial charge in [0.05, 0.1) is 37.3 Å². The van der Waals surface area contributed by atoms with E-state index >= 15 is 0 Å². The van der Waals surface area contributed by atoms with Crippen LogP contribution in [0.15, 0.2) is 66.7 Å². The predicted octanol–water partition coefficient (Wildman–Crippen LogP) is 2.95. The molecule has 0 saturated carbocycles. The van der Waals surface area contributed by atoms with E-state index in [-0.39, 0.29) is 18.9 Å². The zero-order valence-corrected chi connectivity index (χ0v) is 19.3. The second kappa shape index (κ2) is 11.8. The Morgan fingerprint density at radius 1 is 1.21 bits per heavy atom. The average Bonchev–Trinajstić information content (AvgIpc) is 3.31. The molecule has 1 heterocycles. The Hall–Kier alpha value is -3.87. The third kappa shape index (κ3) is 7.07. The van der Waals surface area contributed by atoms with Crippen molar-refractivity contribution in [2.24, 2.45) is 5.73 Å². The predicted molar refractivity (Wildman–Crippen MR) is 128 cm³/mol. The quantitative estimate of drug-likeness (QED) is 0.450. The maximum Gasteiger partial charge on any atom is 0.240 e. The summed E-state index contributed by atoms with van der Waals surface area (Å²) in [5.41, 5.74) is 6.88. The van der Waals surface area contributed by atoms with Crippen LogP contribution in [0.2, 0.25) is 0 Å². The van der Waals surface area contributed by atoms with E-state index in [9.17, 15) is 10.1 Å². The lowest BCUT2D eigenvalue weighted by Gasteiger charge is -2.24. The molecule has 1 aromatic heterocycles. The zero-order valence-electron chi connectivity index (χ0n) is 19.3. The molecule has 2 atom stereocenters. The summed E-state index contributed by atoms with van der Waals surface area (Å²) in [7, 11) is 0. The lowest BCUT2D eigenvalue weighted by atomic mass is 10.1. The number of amides is 1. The highest BCUT2D eigenvalue weighted by molar-refractivity contribution is 5.85. The molecule has 3 N–H and O–H groups in total. The van der Waals surface area contributed by atoms with Crippen LogP contribution >= 0.6 is 0 Å². The summed E-state index contributed by atoms with van der Waals surface area (Å²) in [6.45, 7) is 3.72. The molecule has 0 saturated heterocycles. The Morgan fingerprint density at radius 2 is 1.88 bits per heavy atom. The molecule has 176 valence electrons. The Kier molecular flexibility index (Phi) is 8.62. The Balaban J connectivity index is 1.84. The van der Waals surface area contributed by atoms with Crippen molar-refractivity contribution in [3.8, 4) is 6.07 Å². The first-order valence-electron chi connectivity index (χ1n) is 11.0. The molecule has 9 nitrogen and oxygen atoms in total. The highest BCUT2D eigenvalue weighted by Gasteiger charge is 2.29. The summed E-state index contributed by atoms with van der Waals surface area (Å²) in [6, 6.07) is 20.5. The van der Waals surface area contributed by atoms with Gasteiger partial charge in [-0.25, -0.2) is 4.68 Å². The monoisotopic (exact) mass is 459 g/mol. The lowest BCUT2D eigenvalue weighted by molar-refractivity contribution is -0.126. The number of benzene rings is 2. The number of allylic oxidation sites excluding steroid dienone is 1. The summed E-state index contributed by atoms with van der Waals surface area (Å²) < 4.78 is 7.44. The van der Waals surface area contributed by atoms with Crippen molar-refractivity contribution in [2.45, 2.75) is 44.5 Å². The van der Waals surface area contributed by atoms with Crippen LogP contribution in [-0.4, -0.2) is 38.3 Å². The average molecular weight is 460 g/mol. The van der Waals surface area contributed by atoms with Crippen LogP contribution in [-0.2, 0) is 16.1 Å². The first-order valence-corrected chi connectivity index (χ1v) is 11.0. The van der Waals surface area contributed by atoms with Gasteiger partial charge in [-0.15, -0.1) is 5.10 Å². The van der Waals surface area contributed by atoms with Crippen molar-refractivity contribution >= 4 is 12.0 Å². The molecule has 1 unspecified atom stereocenters. The van der Waals surface area contributed by atoms with Gasteiger partial charge in [0.15, 0.2) is 5.82 Å². The standard InChI is InChI=1S/C25H29N7O2/c1-25(2,27)24(33)28-22(18-34-17-20-11-7-4-8-12-20)23-29-30-31-32(23)21(15-16-26)14-13-19-9-5-3-6-10-19/h3-14,21-22H,15,17-18,27H2,1-2H3,(H,28,33)/t21?,22-/m1/s1. The van der Waals surface area contributed by atoms with E-state index in [2.05, 4.69) is 26.9 Å². The maximum absolute atomic E-state index is 12.7. The normalized spacial score (nSPS) is 13.4. The second-order valence-electron chi connectivity index (χ2n) is 8.43. The van der Waals surface area contributed by atoms with Gasteiger partial charge in [0.2, 0.25) is 5.91 Å². The van der Waals surface area contributed by atoms with Gasteiger partial charge < -0.3 is 15.8 Å². The molecule has 9 heteroatoms. The number of nitriles is 1. The molecular formula is C25H29N7O2. The molecule has 34 heavy (non-hydrogen) atoms. The SMILES string of the molecule is CC(C)(N)C(=O)N[C@H](COCc1ccccc1)c1nnnn1C(C=Cc1ccccc1)CC#N. The lowest BCUT2D eigenvalue weighted by Crippen LogP contribution is -2.51. The smallest absolute Gasteiger partial charge is 0.240 e. The highest BCUT2D eigenvalue weighted by Crippen LogP contribution is 2.20. The number of aromatic nitrogens is 4. The number of ether oxygens (including phenoxy) is 1. The number of rotatable bonds is 11. The summed E-state index contributed by atoms with van der Waals surface area (Å²) >= 11 is 0. The van der Waals surface area contributed by atoms with Crippen LogP contribution in [0.1, 0.15) is 49.3 Å². The first kappa shape index (κ1) is 24.8. The minimum Gasteiger partial charge on any atom is -0.374 e. The van der Waals surface area contributed by atoms with Gasteiger partial charge in [0.25, 0.3) is 0 Å². The van der Waals surface area contributed by atoms with Crippen molar-refractivity contribution in [1.29, 1.82) is 5.26 Å². The fraction of sp³-hybridized carbons (Fsp3) is 0.320. The number of nitrogens with two attached hydrogens (primary N) is 1. The molecule has 3 rings (SSSR count). The summed E-state index contributed by atoms with van der Waals surface area (Å²) in [6.07, 6.45) is 3.93. The fourth-order valence-corrected chi connectivity index (χ4v) is 3.18. The number of tetrazole rings is 1. The third-order valence-corrected chi connectivity index (χ3v) is 5.04. The van der Waals surface area contributed by atoms with Crippen LogP contribution in [0, 0.1) is 11.3 Å². The van der Waals surface area contributed by atoms with Crippen LogP contribution in [0.3, 0.4) is 0 Å². The first-order chi connectivity index (χ1) is 16.4. The second-order valence-corrected chi connectivity index (χ2v) is 8.43. The number of carbonyl (C=O) groups is 1. The van der Waals surface area contributed by atoms with Crippen LogP contribution in [0.4, 0.5) is 0 Å². The summed E-state index contributed by atoms with van der Waals surface area (Å²) in [4.78, 5) is 12.7. The van der Waals surface area contributed by atoms with Crippen LogP contribution < -0.4 is 11.1 Å². The van der Waals surface area contributed by atoms with E-state index in [1.807, 2.05) is 72.8 Å². The number of nitrogens with zero attached hydrogens (tertiary/aromatic N) is 5. The number of nitrogens with one attached hydrogen (secondary N) is 1.